The fourth-order valence-corrected chi connectivity index (χ4v) is 3.31. The molecule has 0 saturated heterocycles. The van der Waals surface area contributed by atoms with Crippen LogP contribution < -0.4 is 10.0 Å². The van der Waals surface area contributed by atoms with Crippen LogP contribution in [0.1, 0.15) is 44.5 Å². The van der Waals surface area contributed by atoms with Crippen LogP contribution in [0.4, 0.5) is 11.4 Å². The summed E-state index contributed by atoms with van der Waals surface area (Å²) in [6.07, 6.45) is 0.573. The smallest absolute Gasteiger partial charge is 0.338 e. The van der Waals surface area contributed by atoms with E-state index in [9.17, 15) is 13.2 Å². The Labute approximate surface area is 138 Å². The summed E-state index contributed by atoms with van der Waals surface area (Å²) in [6.45, 7) is 8.49. The Morgan fingerprint density at radius 1 is 1.22 bits per heavy atom. The second-order valence-electron chi connectivity index (χ2n) is 5.61. The van der Waals surface area contributed by atoms with Gasteiger partial charge in [-0.05, 0) is 44.4 Å². The van der Waals surface area contributed by atoms with Gasteiger partial charge in [0.25, 0.3) is 0 Å². The molecule has 130 valence electrons. The van der Waals surface area contributed by atoms with Crippen LogP contribution in [-0.2, 0) is 14.8 Å². The fraction of sp³-hybridized carbons (Fsp3) is 0.562. The lowest BCUT2D eigenvalue weighted by Gasteiger charge is -2.15. The van der Waals surface area contributed by atoms with Gasteiger partial charge >= 0.3 is 5.97 Å². The zero-order valence-corrected chi connectivity index (χ0v) is 15.0. The van der Waals surface area contributed by atoms with Crippen LogP contribution in [0, 0.1) is 5.92 Å². The highest BCUT2D eigenvalue weighted by molar-refractivity contribution is 7.92. The molecule has 0 atom stereocenters. The highest BCUT2D eigenvalue weighted by atomic mass is 32.2. The minimum atomic E-state index is -3.47. The molecule has 0 aliphatic rings. The van der Waals surface area contributed by atoms with Crippen molar-refractivity contribution in [2.24, 2.45) is 5.92 Å². The van der Waals surface area contributed by atoms with E-state index in [0.29, 0.717) is 35.8 Å². The average molecular weight is 342 g/mol. The summed E-state index contributed by atoms with van der Waals surface area (Å²) >= 11 is 0. The number of rotatable bonds is 9. The van der Waals surface area contributed by atoms with E-state index < -0.39 is 16.0 Å². The van der Waals surface area contributed by atoms with Crippen molar-refractivity contribution in [1.82, 2.24) is 0 Å². The average Bonchev–Trinajstić information content (AvgIpc) is 2.47. The Morgan fingerprint density at radius 2 is 1.91 bits per heavy atom. The maximum absolute atomic E-state index is 12.2. The lowest BCUT2D eigenvalue weighted by molar-refractivity contribution is 0.0526. The zero-order valence-electron chi connectivity index (χ0n) is 14.2. The number of benzene rings is 1. The summed E-state index contributed by atoms with van der Waals surface area (Å²) < 4.78 is 31.9. The first-order valence-corrected chi connectivity index (χ1v) is 9.49. The molecule has 0 spiro atoms. The van der Waals surface area contributed by atoms with E-state index in [1.165, 1.54) is 6.07 Å². The zero-order chi connectivity index (χ0) is 17.5. The van der Waals surface area contributed by atoms with Crippen LogP contribution in [0.3, 0.4) is 0 Å². The van der Waals surface area contributed by atoms with E-state index in [1.54, 1.807) is 19.1 Å². The molecule has 0 radical (unpaired) electrons. The summed E-state index contributed by atoms with van der Waals surface area (Å²) in [4.78, 5) is 11.8. The molecule has 0 aliphatic heterocycles. The number of esters is 1. The number of anilines is 2. The summed E-state index contributed by atoms with van der Waals surface area (Å²) in [5.74, 6) is -0.135. The molecule has 0 aliphatic carbocycles. The monoisotopic (exact) mass is 342 g/mol. The molecule has 0 unspecified atom stereocenters. The lowest BCUT2D eigenvalue weighted by atomic mass is 10.1. The van der Waals surface area contributed by atoms with Crippen LogP contribution >= 0.6 is 0 Å². The van der Waals surface area contributed by atoms with Crippen molar-refractivity contribution in [3.05, 3.63) is 23.8 Å². The van der Waals surface area contributed by atoms with E-state index in [1.807, 2.05) is 20.8 Å². The molecular weight excluding hydrogens is 316 g/mol. The molecule has 7 heteroatoms. The molecule has 0 fully saturated rings. The third kappa shape index (κ3) is 6.48. The number of carbonyl (C=O) groups is 1. The van der Waals surface area contributed by atoms with Gasteiger partial charge in [-0.25, -0.2) is 13.2 Å². The molecule has 23 heavy (non-hydrogen) atoms. The topological polar surface area (TPSA) is 84.5 Å². The van der Waals surface area contributed by atoms with E-state index in [2.05, 4.69) is 10.0 Å². The molecule has 0 heterocycles. The molecule has 6 nitrogen and oxygen atoms in total. The summed E-state index contributed by atoms with van der Waals surface area (Å²) in [5.41, 5.74) is 1.31. The van der Waals surface area contributed by atoms with Gasteiger partial charge in [0.1, 0.15) is 0 Å². The van der Waals surface area contributed by atoms with Crippen molar-refractivity contribution >= 4 is 27.4 Å². The normalized spacial score (nSPS) is 11.3. The van der Waals surface area contributed by atoms with Gasteiger partial charge in [-0.1, -0.05) is 13.8 Å². The standard InChI is InChI=1S/C16H26N2O4S/c1-5-17-14-8-7-13(16(19)22-6-2)11-15(14)18-23(20,21)10-9-12(3)4/h7-8,11-12,17-18H,5-6,9-10H2,1-4H3. The number of hydrogen-bond acceptors (Lipinski definition) is 5. The first kappa shape index (κ1) is 19.3. The van der Waals surface area contributed by atoms with Crippen molar-refractivity contribution in [2.75, 3.05) is 28.9 Å². The van der Waals surface area contributed by atoms with Gasteiger partial charge in [0.2, 0.25) is 10.0 Å². The Bertz CT molecular complexity index is 627. The number of sulfonamides is 1. The van der Waals surface area contributed by atoms with Gasteiger partial charge in [-0.2, -0.15) is 0 Å². The third-order valence-corrected chi connectivity index (χ3v) is 4.43. The predicted octanol–water partition coefficient (Wildman–Crippen LogP) is 3.08. The largest absolute Gasteiger partial charge is 0.462 e. The minimum Gasteiger partial charge on any atom is -0.462 e. The van der Waals surface area contributed by atoms with Gasteiger partial charge < -0.3 is 10.1 Å². The van der Waals surface area contributed by atoms with Crippen LogP contribution in [-0.4, -0.2) is 33.3 Å². The predicted molar refractivity (Wildman–Crippen MR) is 93.4 cm³/mol. The van der Waals surface area contributed by atoms with Crippen molar-refractivity contribution in [1.29, 1.82) is 0 Å². The van der Waals surface area contributed by atoms with Crippen LogP contribution in [0.5, 0.6) is 0 Å². The quantitative estimate of drug-likeness (QED) is 0.674. The van der Waals surface area contributed by atoms with Crippen molar-refractivity contribution in [3.63, 3.8) is 0 Å². The van der Waals surface area contributed by atoms with Crippen molar-refractivity contribution < 1.29 is 17.9 Å². The van der Waals surface area contributed by atoms with Crippen molar-refractivity contribution in [2.45, 2.75) is 34.1 Å². The summed E-state index contributed by atoms with van der Waals surface area (Å²) in [6, 6.07) is 4.79. The van der Waals surface area contributed by atoms with E-state index in [0.717, 1.165) is 0 Å². The van der Waals surface area contributed by atoms with Gasteiger partial charge in [0.15, 0.2) is 0 Å². The Hall–Kier alpha value is -1.76. The molecule has 1 aromatic carbocycles. The van der Waals surface area contributed by atoms with Gasteiger partial charge in [0, 0.05) is 6.54 Å². The minimum absolute atomic E-state index is 0.0415. The van der Waals surface area contributed by atoms with Crippen LogP contribution in [0.2, 0.25) is 0 Å². The highest BCUT2D eigenvalue weighted by Gasteiger charge is 2.16. The lowest BCUT2D eigenvalue weighted by Crippen LogP contribution is -2.19. The Morgan fingerprint density at radius 3 is 2.48 bits per heavy atom. The number of hydrogen-bond donors (Lipinski definition) is 2. The van der Waals surface area contributed by atoms with E-state index in [-0.39, 0.29) is 12.4 Å². The first-order chi connectivity index (χ1) is 10.8. The molecular formula is C16H26N2O4S. The maximum Gasteiger partial charge on any atom is 0.338 e. The summed E-state index contributed by atoms with van der Waals surface area (Å²) in [7, 11) is -3.47. The molecule has 1 aromatic rings. The fourth-order valence-electron chi connectivity index (χ4n) is 1.92. The highest BCUT2D eigenvalue weighted by Crippen LogP contribution is 2.25. The maximum atomic E-state index is 12.2. The number of carbonyl (C=O) groups excluding carboxylic acids is 1. The molecule has 2 N–H and O–H groups in total. The molecule has 0 amide bonds. The van der Waals surface area contributed by atoms with E-state index in [4.69, 9.17) is 4.74 Å². The molecule has 1 rings (SSSR count). The molecule has 0 bridgehead atoms. The first-order valence-electron chi connectivity index (χ1n) is 7.84. The van der Waals surface area contributed by atoms with Gasteiger partial charge in [0.05, 0.1) is 29.3 Å². The van der Waals surface area contributed by atoms with Crippen molar-refractivity contribution in [3.8, 4) is 0 Å². The second-order valence-corrected chi connectivity index (χ2v) is 7.46. The van der Waals surface area contributed by atoms with Gasteiger partial charge in [-0.3, -0.25) is 4.72 Å². The van der Waals surface area contributed by atoms with Gasteiger partial charge in [-0.15, -0.1) is 0 Å². The van der Waals surface area contributed by atoms with Crippen LogP contribution in [0.15, 0.2) is 18.2 Å². The summed E-state index contributed by atoms with van der Waals surface area (Å²) in [5, 5.41) is 3.08. The second kappa shape index (κ2) is 8.76. The van der Waals surface area contributed by atoms with Crippen LogP contribution in [0.25, 0.3) is 0 Å². The SMILES string of the molecule is CCNc1ccc(C(=O)OCC)cc1NS(=O)(=O)CCC(C)C. The Kier molecular flexibility index (Phi) is 7.35. The van der Waals surface area contributed by atoms with E-state index >= 15 is 0 Å². The Balaban J connectivity index is 3.05. The number of ether oxygens (including phenoxy) is 1. The molecule has 0 aromatic heterocycles. The number of nitrogens with one attached hydrogen (secondary N) is 2. The third-order valence-electron chi connectivity index (χ3n) is 3.13. The molecule has 0 saturated carbocycles.